The van der Waals surface area contributed by atoms with Crippen LogP contribution in [0.3, 0.4) is 0 Å². The largest absolute Gasteiger partial charge is 0.479 e. The smallest absolute Gasteiger partial charge is 0.333 e. The molecule has 21 heavy (non-hydrogen) atoms. The second kappa shape index (κ2) is 6.26. The molecule has 2 aromatic rings. The van der Waals surface area contributed by atoms with Crippen molar-refractivity contribution in [3.63, 3.8) is 0 Å². The molecule has 0 fully saturated rings. The van der Waals surface area contributed by atoms with Crippen molar-refractivity contribution >= 4 is 50.8 Å². The van der Waals surface area contributed by atoms with Crippen LogP contribution in [0, 0.1) is 0 Å². The van der Waals surface area contributed by atoms with Crippen LogP contribution in [0.2, 0.25) is 10.0 Å². The fourth-order valence-corrected chi connectivity index (χ4v) is 3.04. The van der Waals surface area contributed by atoms with E-state index in [-0.39, 0.29) is 0 Å². The normalized spacial score (nSPS) is 13.5. The molecule has 1 unspecified atom stereocenters. The maximum atomic E-state index is 11.8. The van der Waals surface area contributed by atoms with Crippen LogP contribution < -0.4 is 5.32 Å². The van der Waals surface area contributed by atoms with E-state index in [2.05, 4.69) is 21.2 Å². The van der Waals surface area contributed by atoms with Crippen molar-refractivity contribution in [1.82, 2.24) is 0 Å². The Balaban J connectivity index is 2.48. The van der Waals surface area contributed by atoms with Gasteiger partial charge in [-0.1, -0.05) is 51.3 Å². The molecule has 0 amide bonds. The Hall–Kier alpha value is -1.23. The fourth-order valence-electron chi connectivity index (χ4n) is 1.99. The van der Waals surface area contributed by atoms with Crippen LogP contribution in [-0.2, 0) is 10.3 Å². The van der Waals surface area contributed by atoms with E-state index >= 15 is 0 Å². The fraction of sp³-hybridized carbons (Fsp3) is 0.133. The van der Waals surface area contributed by atoms with Crippen molar-refractivity contribution in [2.75, 3.05) is 5.32 Å². The first-order chi connectivity index (χ1) is 9.83. The third kappa shape index (κ3) is 3.51. The predicted octanol–water partition coefficient (Wildman–Crippen LogP) is 5.17. The molecule has 0 bridgehead atoms. The van der Waals surface area contributed by atoms with Crippen LogP contribution in [0.5, 0.6) is 0 Å². The lowest BCUT2D eigenvalue weighted by atomic mass is 9.91. The molecule has 2 N–H and O–H groups in total. The summed E-state index contributed by atoms with van der Waals surface area (Å²) in [4.78, 5) is 11.8. The molecule has 0 aliphatic heterocycles. The van der Waals surface area contributed by atoms with Crippen LogP contribution >= 0.6 is 39.1 Å². The van der Waals surface area contributed by atoms with Crippen LogP contribution in [0.4, 0.5) is 5.69 Å². The standard InChI is InChI=1S/C15H12BrCl2NO2/c1-15(14(20)21,12-6-5-9(16)7-13(12)18)19-11-4-2-3-10(17)8-11/h2-8,19H,1H3,(H,20,21). The van der Waals surface area contributed by atoms with Crippen LogP contribution in [0.15, 0.2) is 46.9 Å². The van der Waals surface area contributed by atoms with E-state index in [1.807, 2.05) is 0 Å². The van der Waals surface area contributed by atoms with Gasteiger partial charge in [-0.3, -0.25) is 0 Å². The van der Waals surface area contributed by atoms with Crippen molar-refractivity contribution in [3.8, 4) is 0 Å². The molecule has 6 heteroatoms. The molecule has 0 spiro atoms. The average Bonchev–Trinajstić information content (AvgIpc) is 2.38. The number of hydrogen-bond acceptors (Lipinski definition) is 2. The highest BCUT2D eigenvalue weighted by Gasteiger charge is 2.37. The van der Waals surface area contributed by atoms with Gasteiger partial charge in [-0.15, -0.1) is 0 Å². The van der Waals surface area contributed by atoms with Gasteiger partial charge in [0.25, 0.3) is 0 Å². The van der Waals surface area contributed by atoms with Gasteiger partial charge in [-0.2, -0.15) is 0 Å². The zero-order valence-corrected chi connectivity index (χ0v) is 14.1. The molecule has 0 radical (unpaired) electrons. The van der Waals surface area contributed by atoms with E-state index in [4.69, 9.17) is 23.2 Å². The number of carbonyl (C=O) groups is 1. The number of nitrogens with one attached hydrogen (secondary N) is 1. The molecule has 0 aliphatic rings. The van der Waals surface area contributed by atoms with E-state index in [1.54, 1.807) is 49.4 Å². The van der Waals surface area contributed by atoms with Crippen LogP contribution in [0.25, 0.3) is 0 Å². The second-order valence-electron chi connectivity index (χ2n) is 4.69. The third-order valence-electron chi connectivity index (χ3n) is 3.12. The van der Waals surface area contributed by atoms with Gasteiger partial charge in [0.1, 0.15) is 0 Å². The minimum atomic E-state index is -1.37. The van der Waals surface area contributed by atoms with Crippen LogP contribution in [0.1, 0.15) is 12.5 Å². The Morgan fingerprint density at radius 2 is 1.95 bits per heavy atom. The van der Waals surface area contributed by atoms with E-state index in [0.29, 0.717) is 21.3 Å². The number of carboxylic acids is 1. The molecule has 0 aliphatic carbocycles. The number of hydrogen-bond donors (Lipinski definition) is 2. The van der Waals surface area contributed by atoms with Crippen LogP contribution in [-0.4, -0.2) is 11.1 Å². The number of halogens is 3. The number of benzene rings is 2. The van der Waals surface area contributed by atoms with E-state index in [9.17, 15) is 9.90 Å². The van der Waals surface area contributed by atoms with Crippen molar-refractivity contribution in [2.45, 2.75) is 12.5 Å². The minimum absolute atomic E-state index is 0.365. The Morgan fingerprint density at radius 3 is 2.52 bits per heavy atom. The van der Waals surface area contributed by atoms with Gasteiger partial charge in [-0.05, 0) is 37.3 Å². The van der Waals surface area contributed by atoms with Crippen molar-refractivity contribution in [1.29, 1.82) is 0 Å². The first-order valence-electron chi connectivity index (χ1n) is 6.05. The quantitative estimate of drug-likeness (QED) is 0.759. The lowest BCUT2D eigenvalue weighted by molar-refractivity contribution is -0.142. The number of rotatable bonds is 4. The van der Waals surface area contributed by atoms with Gasteiger partial charge >= 0.3 is 5.97 Å². The topological polar surface area (TPSA) is 49.3 Å². The summed E-state index contributed by atoms with van der Waals surface area (Å²) in [6.07, 6.45) is 0. The Bertz CT molecular complexity index is 693. The van der Waals surface area contributed by atoms with Gasteiger partial charge < -0.3 is 10.4 Å². The number of carboxylic acid groups (broad SMARTS) is 1. The minimum Gasteiger partial charge on any atom is -0.479 e. The molecular weight excluding hydrogens is 377 g/mol. The molecule has 2 aromatic carbocycles. The van der Waals surface area contributed by atoms with Gasteiger partial charge in [0, 0.05) is 25.8 Å². The molecule has 1 atom stereocenters. The summed E-state index contributed by atoms with van der Waals surface area (Å²) >= 11 is 15.4. The lowest BCUT2D eigenvalue weighted by Crippen LogP contribution is -2.40. The van der Waals surface area contributed by atoms with Gasteiger partial charge in [0.05, 0.1) is 0 Å². The van der Waals surface area contributed by atoms with E-state index in [0.717, 1.165) is 4.47 Å². The van der Waals surface area contributed by atoms with Crippen molar-refractivity contribution < 1.29 is 9.90 Å². The highest BCUT2D eigenvalue weighted by molar-refractivity contribution is 9.10. The van der Waals surface area contributed by atoms with Gasteiger partial charge in [-0.25, -0.2) is 4.79 Å². The van der Waals surface area contributed by atoms with Gasteiger partial charge in [0.2, 0.25) is 0 Å². The summed E-state index contributed by atoms with van der Waals surface area (Å²) in [6.45, 7) is 1.56. The Kier molecular flexibility index (Phi) is 4.81. The Morgan fingerprint density at radius 1 is 1.24 bits per heavy atom. The first-order valence-corrected chi connectivity index (χ1v) is 7.60. The predicted molar refractivity (Wildman–Crippen MR) is 89.2 cm³/mol. The lowest BCUT2D eigenvalue weighted by Gasteiger charge is -2.29. The summed E-state index contributed by atoms with van der Waals surface area (Å²) in [5.74, 6) is -1.04. The molecular formula is C15H12BrCl2NO2. The molecule has 2 rings (SSSR count). The van der Waals surface area contributed by atoms with Crippen molar-refractivity contribution in [2.24, 2.45) is 0 Å². The van der Waals surface area contributed by atoms with E-state index < -0.39 is 11.5 Å². The molecule has 3 nitrogen and oxygen atoms in total. The highest BCUT2D eigenvalue weighted by Crippen LogP contribution is 2.34. The highest BCUT2D eigenvalue weighted by atomic mass is 79.9. The summed E-state index contributed by atoms with van der Waals surface area (Å²) in [5.41, 5.74) is -0.297. The molecule has 0 saturated carbocycles. The number of anilines is 1. The number of aliphatic carboxylic acids is 1. The monoisotopic (exact) mass is 387 g/mol. The maximum Gasteiger partial charge on any atom is 0.333 e. The summed E-state index contributed by atoms with van der Waals surface area (Å²) < 4.78 is 0.784. The summed E-state index contributed by atoms with van der Waals surface area (Å²) in [7, 11) is 0. The Labute approximate surface area is 141 Å². The maximum absolute atomic E-state index is 11.8. The molecule has 0 heterocycles. The zero-order chi connectivity index (χ0) is 15.6. The van der Waals surface area contributed by atoms with Crippen molar-refractivity contribution in [3.05, 3.63) is 62.5 Å². The average molecular weight is 389 g/mol. The second-order valence-corrected chi connectivity index (χ2v) is 6.45. The third-order valence-corrected chi connectivity index (χ3v) is 4.16. The summed E-state index contributed by atoms with van der Waals surface area (Å²) in [6, 6.07) is 12.0. The van der Waals surface area contributed by atoms with Gasteiger partial charge in [0.15, 0.2) is 5.54 Å². The zero-order valence-electron chi connectivity index (χ0n) is 11.0. The molecule has 0 saturated heterocycles. The molecule has 110 valence electrons. The first kappa shape index (κ1) is 16.1. The molecule has 0 aromatic heterocycles. The summed E-state index contributed by atoms with van der Waals surface area (Å²) in [5, 5.41) is 13.5. The SMILES string of the molecule is CC(Nc1cccc(Cl)c1)(C(=O)O)c1ccc(Br)cc1Cl. The van der Waals surface area contributed by atoms with E-state index in [1.165, 1.54) is 0 Å².